The first-order chi connectivity index (χ1) is 15.7. The molecule has 1 aliphatic heterocycles. The van der Waals surface area contributed by atoms with Crippen molar-refractivity contribution in [3.8, 4) is 5.69 Å². The van der Waals surface area contributed by atoms with Gasteiger partial charge in [-0.25, -0.2) is 0 Å². The van der Waals surface area contributed by atoms with Gasteiger partial charge >= 0.3 is 0 Å². The van der Waals surface area contributed by atoms with Crippen LogP contribution in [-0.4, -0.2) is 10.7 Å². The lowest BCUT2D eigenvalue weighted by Gasteiger charge is -2.31. The van der Waals surface area contributed by atoms with Crippen molar-refractivity contribution in [2.75, 3.05) is 9.80 Å². The third kappa shape index (κ3) is 2.75. The molecule has 156 valence electrons. The molecule has 3 nitrogen and oxygen atoms in total. The van der Waals surface area contributed by atoms with Gasteiger partial charge in [0.1, 0.15) is 6.17 Å². The van der Waals surface area contributed by atoms with Crippen LogP contribution in [0.15, 0.2) is 109 Å². The van der Waals surface area contributed by atoms with E-state index < -0.39 is 0 Å². The van der Waals surface area contributed by atoms with E-state index in [0.717, 1.165) is 0 Å². The van der Waals surface area contributed by atoms with Gasteiger partial charge in [-0.15, -0.1) is 0 Å². The normalized spacial score (nSPS) is 15.9. The van der Waals surface area contributed by atoms with Gasteiger partial charge in [0.05, 0.1) is 16.7 Å². The van der Waals surface area contributed by atoms with E-state index in [1.54, 1.807) is 0 Å². The molecule has 0 saturated heterocycles. The molecule has 0 saturated carbocycles. The largest absolute Gasteiger partial charge is 0.326 e. The van der Waals surface area contributed by atoms with E-state index in [0.29, 0.717) is 0 Å². The summed E-state index contributed by atoms with van der Waals surface area (Å²) in [5.74, 6) is 0. The summed E-state index contributed by atoms with van der Waals surface area (Å²) in [6, 6.07) is 34.5. The van der Waals surface area contributed by atoms with Crippen LogP contribution in [0.3, 0.4) is 0 Å². The van der Waals surface area contributed by atoms with E-state index in [1.165, 1.54) is 44.4 Å². The fourth-order valence-electron chi connectivity index (χ4n) is 5.02. The van der Waals surface area contributed by atoms with Crippen molar-refractivity contribution in [1.82, 2.24) is 4.57 Å². The summed E-state index contributed by atoms with van der Waals surface area (Å²) in [5, 5.41) is 2.58. The Labute approximate surface area is 188 Å². The first-order valence-electron chi connectivity index (χ1n) is 11.1. The van der Waals surface area contributed by atoms with Crippen LogP contribution in [0.1, 0.15) is 12.5 Å². The second-order valence-electron chi connectivity index (χ2n) is 8.39. The van der Waals surface area contributed by atoms with E-state index in [2.05, 4.69) is 138 Å². The van der Waals surface area contributed by atoms with Crippen LogP contribution in [0.25, 0.3) is 27.5 Å². The predicted octanol–water partition coefficient (Wildman–Crippen LogP) is 7.24. The van der Waals surface area contributed by atoms with Gasteiger partial charge in [0, 0.05) is 34.5 Å². The zero-order valence-corrected chi connectivity index (χ0v) is 18.3. The number of hydrogen-bond donors (Lipinski definition) is 0. The maximum absolute atomic E-state index is 2.41. The van der Waals surface area contributed by atoms with Gasteiger partial charge in [-0.1, -0.05) is 60.7 Å². The highest BCUT2D eigenvalue weighted by atomic mass is 15.4. The Morgan fingerprint density at radius 1 is 0.594 bits per heavy atom. The minimum atomic E-state index is 0.181. The lowest BCUT2D eigenvalue weighted by Crippen LogP contribution is -2.36. The molecule has 3 heteroatoms. The lowest BCUT2D eigenvalue weighted by molar-refractivity contribution is 0.750. The molecule has 0 aliphatic carbocycles. The summed E-state index contributed by atoms with van der Waals surface area (Å²) in [4.78, 5) is 4.74. The second kappa shape index (κ2) is 7.31. The zero-order valence-electron chi connectivity index (χ0n) is 18.3. The third-order valence-electron chi connectivity index (χ3n) is 6.53. The number of rotatable bonds is 3. The topological polar surface area (TPSA) is 11.4 Å². The fourth-order valence-corrected chi connectivity index (χ4v) is 5.02. The molecular formula is C29H25N3. The highest BCUT2D eigenvalue weighted by Crippen LogP contribution is 2.42. The van der Waals surface area contributed by atoms with Gasteiger partial charge in [-0.05, 0) is 55.8 Å². The summed E-state index contributed by atoms with van der Waals surface area (Å²) >= 11 is 0. The van der Waals surface area contributed by atoms with E-state index >= 15 is 0 Å². The van der Waals surface area contributed by atoms with Crippen molar-refractivity contribution in [2.24, 2.45) is 0 Å². The van der Waals surface area contributed by atoms with E-state index in [9.17, 15) is 0 Å². The quantitative estimate of drug-likeness (QED) is 0.308. The van der Waals surface area contributed by atoms with Crippen LogP contribution in [0.4, 0.5) is 11.4 Å². The molecule has 6 rings (SSSR count). The Bertz CT molecular complexity index is 1450. The molecule has 32 heavy (non-hydrogen) atoms. The lowest BCUT2D eigenvalue weighted by atomic mass is 10.1. The average molecular weight is 416 g/mol. The Morgan fingerprint density at radius 2 is 1.22 bits per heavy atom. The third-order valence-corrected chi connectivity index (χ3v) is 6.53. The Balaban J connectivity index is 1.59. The maximum Gasteiger partial charge on any atom is 0.107 e. The van der Waals surface area contributed by atoms with Crippen LogP contribution in [0.2, 0.25) is 0 Å². The zero-order chi connectivity index (χ0) is 21.7. The number of anilines is 2. The molecule has 1 atom stereocenters. The molecule has 0 fully saturated rings. The summed E-state index contributed by atoms with van der Waals surface area (Å²) < 4.78 is 2.38. The first kappa shape index (κ1) is 18.8. The van der Waals surface area contributed by atoms with Gasteiger partial charge in [0.2, 0.25) is 0 Å². The Morgan fingerprint density at radius 3 is 1.97 bits per heavy atom. The van der Waals surface area contributed by atoms with Crippen molar-refractivity contribution in [3.05, 3.63) is 115 Å². The summed E-state index contributed by atoms with van der Waals surface area (Å²) in [7, 11) is 0. The number of hydrogen-bond acceptors (Lipinski definition) is 2. The molecule has 0 radical (unpaired) electrons. The SMILES string of the molecule is Cc1ccc2c(c1N1C=CN(c3ccccc3)[C@@H]1C)c1ccccc1n2-c1ccccc1. The molecule has 0 bridgehead atoms. The van der Waals surface area contributed by atoms with Gasteiger partial charge in [0.25, 0.3) is 0 Å². The van der Waals surface area contributed by atoms with Crippen LogP contribution < -0.4 is 9.80 Å². The van der Waals surface area contributed by atoms with Crippen molar-refractivity contribution in [2.45, 2.75) is 20.0 Å². The number of para-hydroxylation sites is 3. The minimum absolute atomic E-state index is 0.181. The number of aromatic nitrogens is 1. The van der Waals surface area contributed by atoms with E-state index in [1.807, 2.05) is 0 Å². The number of benzene rings is 4. The fraction of sp³-hybridized carbons (Fsp3) is 0.103. The van der Waals surface area contributed by atoms with Crippen LogP contribution in [-0.2, 0) is 0 Å². The van der Waals surface area contributed by atoms with Gasteiger partial charge < -0.3 is 14.4 Å². The van der Waals surface area contributed by atoms with Gasteiger partial charge in [0.15, 0.2) is 0 Å². The standard InChI is InChI=1S/C29H25N3/c1-21-17-18-27-28(25-15-9-10-16-26(25)32(27)24-13-7-4-8-14-24)29(21)31-20-19-30(22(31)2)23-11-5-3-6-12-23/h3-20,22H,1-2H3/t22-/m0/s1. The Kier molecular flexibility index (Phi) is 4.29. The molecule has 1 aromatic heterocycles. The highest BCUT2D eigenvalue weighted by molar-refractivity contribution is 6.16. The molecule has 0 N–H and O–H groups in total. The van der Waals surface area contributed by atoms with E-state index in [-0.39, 0.29) is 6.17 Å². The summed E-state index contributed by atoms with van der Waals surface area (Å²) in [5.41, 5.74) is 7.41. The number of aryl methyl sites for hydroxylation is 1. The summed E-state index contributed by atoms with van der Waals surface area (Å²) in [6.45, 7) is 4.48. The van der Waals surface area contributed by atoms with Crippen molar-refractivity contribution in [3.63, 3.8) is 0 Å². The first-order valence-corrected chi connectivity index (χ1v) is 11.1. The van der Waals surface area contributed by atoms with Crippen LogP contribution in [0.5, 0.6) is 0 Å². The molecule has 2 heterocycles. The molecule has 0 spiro atoms. The van der Waals surface area contributed by atoms with E-state index in [4.69, 9.17) is 0 Å². The van der Waals surface area contributed by atoms with Crippen molar-refractivity contribution < 1.29 is 0 Å². The monoisotopic (exact) mass is 415 g/mol. The number of fused-ring (bicyclic) bond motifs is 3. The maximum atomic E-state index is 2.41. The predicted molar refractivity (Wildman–Crippen MR) is 136 cm³/mol. The molecule has 4 aromatic carbocycles. The molecule has 0 unspecified atom stereocenters. The number of nitrogens with zero attached hydrogens (tertiary/aromatic N) is 3. The highest BCUT2D eigenvalue weighted by Gasteiger charge is 2.28. The smallest absolute Gasteiger partial charge is 0.107 e. The minimum Gasteiger partial charge on any atom is -0.326 e. The molecule has 5 aromatic rings. The molecule has 1 aliphatic rings. The van der Waals surface area contributed by atoms with Crippen molar-refractivity contribution >= 4 is 33.2 Å². The molecular weight excluding hydrogens is 390 g/mol. The second-order valence-corrected chi connectivity index (χ2v) is 8.39. The summed E-state index contributed by atoms with van der Waals surface area (Å²) in [6.07, 6.45) is 4.59. The van der Waals surface area contributed by atoms with Gasteiger partial charge in [-0.3, -0.25) is 0 Å². The van der Waals surface area contributed by atoms with Crippen LogP contribution >= 0.6 is 0 Å². The van der Waals surface area contributed by atoms with Gasteiger partial charge in [-0.2, -0.15) is 0 Å². The average Bonchev–Trinajstić information content (AvgIpc) is 3.38. The molecule has 0 amide bonds. The Hall–Kier alpha value is -3.98. The van der Waals surface area contributed by atoms with Crippen LogP contribution in [0, 0.1) is 6.92 Å². The van der Waals surface area contributed by atoms with Crippen molar-refractivity contribution in [1.29, 1.82) is 0 Å².